The number of rotatable bonds is 4. The number of aliphatic hydroxyl groups is 1. The Balaban J connectivity index is 0.00000200. The van der Waals surface area contributed by atoms with Crippen LogP contribution in [0.2, 0.25) is 0 Å². The second-order valence-corrected chi connectivity index (χ2v) is 5.02. The second kappa shape index (κ2) is 5.97. The van der Waals surface area contributed by atoms with Gasteiger partial charge in [0.25, 0.3) is 0 Å². The van der Waals surface area contributed by atoms with Crippen molar-refractivity contribution in [1.29, 1.82) is 0 Å². The van der Waals surface area contributed by atoms with Crippen molar-refractivity contribution >= 4 is 51.9 Å². The zero-order chi connectivity index (χ0) is 14.4. The van der Waals surface area contributed by atoms with E-state index in [1.54, 1.807) is 0 Å². The second-order valence-electron chi connectivity index (χ2n) is 4.01. The summed E-state index contributed by atoms with van der Waals surface area (Å²) < 4.78 is 34.1. The van der Waals surface area contributed by atoms with Crippen LogP contribution >= 0.6 is 0 Å². The molecule has 2 aliphatic heterocycles. The molecule has 0 saturated carbocycles. The van der Waals surface area contributed by atoms with Crippen LogP contribution in [0.5, 0.6) is 0 Å². The Labute approximate surface area is 136 Å². The first-order chi connectivity index (χ1) is 8.74. The number of nitrogens with zero attached hydrogens (tertiary/aromatic N) is 2. The van der Waals surface area contributed by atoms with Crippen LogP contribution in [0.1, 0.15) is 0 Å². The number of urea groups is 1. The van der Waals surface area contributed by atoms with Crippen LogP contribution < -0.4 is 5.73 Å². The number of primary amides is 1. The first-order valence-corrected chi connectivity index (χ1v) is 6.50. The van der Waals surface area contributed by atoms with Crippen molar-refractivity contribution in [3.05, 3.63) is 11.6 Å². The number of hydrogen-bond acceptors (Lipinski definition) is 6. The number of hydrogen-bond donors (Lipinski definition) is 3. The van der Waals surface area contributed by atoms with Gasteiger partial charge in [-0.15, -0.1) is 4.28 Å². The minimum absolute atomic E-state index is 0. The Hall–Kier alpha value is -0.690. The predicted molar refractivity (Wildman–Crippen MR) is 64.3 cm³/mol. The number of amides is 3. The molecule has 0 aromatic carbocycles. The van der Waals surface area contributed by atoms with E-state index in [9.17, 15) is 18.0 Å². The molecule has 4 N–H and O–H groups in total. The van der Waals surface area contributed by atoms with E-state index in [0.29, 0.717) is 5.06 Å². The van der Waals surface area contributed by atoms with Gasteiger partial charge in [-0.25, -0.2) is 4.79 Å². The molecule has 2 heterocycles. The summed E-state index contributed by atoms with van der Waals surface area (Å²) >= 11 is 0. The summed E-state index contributed by atoms with van der Waals surface area (Å²) in [5, 5.41) is 9.48. The van der Waals surface area contributed by atoms with E-state index in [4.69, 9.17) is 15.4 Å². The molecule has 1 radical (unpaired) electrons. The molecule has 107 valence electrons. The molecule has 0 aromatic heterocycles. The molecular formula is C8H11N3NaO7S. The summed E-state index contributed by atoms with van der Waals surface area (Å²) in [6.07, 6.45) is 1.27. The van der Waals surface area contributed by atoms with Crippen LogP contribution in [0, 0.1) is 0 Å². The van der Waals surface area contributed by atoms with Crippen molar-refractivity contribution in [3.8, 4) is 0 Å². The van der Waals surface area contributed by atoms with Gasteiger partial charge in [0.2, 0.25) is 5.91 Å². The van der Waals surface area contributed by atoms with E-state index in [1.165, 1.54) is 6.08 Å². The Kier molecular flexibility index (Phi) is 5.18. The smallest absolute Gasteiger partial charge is 0.394 e. The van der Waals surface area contributed by atoms with E-state index in [-0.39, 0.29) is 41.7 Å². The average molecular weight is 316 g/mol. The van der Waals surface area contributed by atoms with Gasteiger partial charge in [0, 0.05) is 35.1 Å². The summed E-state index contributed by atoms with van der Waals surface area (Å²) in [6, 6.07) is -2.75. The molecule has 0 aliphatic carbocycles. The number of hydroxylamine groups is 2. The van der Waals surface area contributed by atoms with Crippen molar-refractivity contribution in [2.24, 2.45) is 5.73 Å². The molecular weight excluding hydrogens is 305 g/mol. The van der Waals surface area contributed by atoms with Gasteiger partial charge in [0.05, 0.1) is 19.2 Å². The van der Waals surface area contributed by atoms with Crippen LogP contribution in [-0.2, 0) is 19.5 Å². The van der Waals surface area contributed by atoms with Crippen molar-refractivity contribution in [3.63, 3.8) is 0 Å². The number of nitrogens with two attached hydrogens (primary N) is 1. The van der Waals surface area contributed by atoms with Gasteiger partial charge in [-0.1, -0.05) is 0 Å². The molecule has 10 nitrogen and oxygen atoms in total. The Morgan fingerprint density at radius 3 is 2.60 bits per heavy atom. The minimum Gasteiger partial charge on any atom is -0.394 e. The van der Waals surface area contributed by atoms with Crippen LogP contribution in [0.3, 0.4) is 0 Å². The Bertz CT molecular complexity index is 562. The number of aliphatic hydroxyl groups excluding tert-OH is 1. The van der Waals surface area contributed by atoms with Gasteiger partial charge in [0.1, 0.15) is 6.04 Å². The van der Waals surface area contributed by atoms with Crippen LogP contribution in [0.15, 0.2) is 11.6 Å². The zero-order valence-corrected chi connectivity index (χ0v) is 13.3. The van der Waals surface area contributed by atoms with Gasteiger partial charge in [-0.05, 0) is 6.08 Å². The van der Waals surface area contributed by atoms with Crippen molar-refractivity contribution < 1.29 is 31.9 Å². The maximum Gasteiger partial charge on any atom is 0.418 e. The normalized spacial score (nSPS) is 25.3. The molecule has 2 aliphatic rings. The van der Waals surface area contributed by atoms with Gasteiger partial charge in [-0.2, -0.15) is 13.5 Å². The van der Waals surface area contributed by atoms with E-state index in [0.717, 1.165) is 4.90 Å². The van der Waals surface area contributed by atoms with Gasteiger partial charge >= 0.3 is 16.4 Å². The zero-order valence-electron chi connectivity index (χ0n) is 10.5. The minimum atomic E-state index is -4.92. The third kappa shape index (κ3) is 3.14. The number of carbonyl (C=O) groups is 2. The summed E-state index contributed by atoms with van der Waals surface area (Å²) in [6.45, 7) is -0.538. The Morgan fingerprint density at radius 2 is 2.15 bits per heavy atom. The largest absolute Gasteiger partial charge is 0.418 e. The molecule has 0 aromatic rings. The standard InChI is InChI=1S/C8H11N3O7S.Na/c9-7(13)5-1-4(3-12)10-2-6(5)11(8(10)14)18-19(15,16)17;/h1,4,6,12H,2-3H2,(H2,9,13)(H,15,16,17);/t4-,6-;/m0./s1. The topological polar surface area (TPSA) is 150 Å². The molecule has 2 bridgehead atoms. The SMILES string of the molecule is NC(=O)C1=C[C@@H](CO)N2C[C@@H]1N(OS(=O)(=O)O)C2=O.[Na]. The third-order valence-electron chi connectivity index (χ3n) is 2.86. The summed E-state index contributed by atoms with van der Waals surface area (Å²) in [7, 11) is -4.92. The third-order valence-corrected chi connectivity index (χ3v) is 3.21. The molecule has 1 fully saturated rings. The quantitative estimate of drug-likeness (QED) is 0.375. The predicted octanol–water partition coefficient (Wildman–Crippen LogP) is -2.77. The summed E-state index contributed by atoms with van der Waals surface area (Å²) in [5.74, 6) is -0.873. The molecule has 12 heteroatoms. The summed E-state index contributed by atoms with van der Waals surface area (Å²) in [5.41, 5.74) is 5.06. The van der Waals surface area contributed by atoms with Gasteiger partial charge < -0.3 is 15.7 Å². The number of fused-ring (bicyclic) bond motifs is 2. The van der Waals surface area contributed by atoms with Gasteiger partial charge in [-0.3, -0.25) is 9.35 Å². The van der Waals surface area contributed by atoms with Crippen LogP contribution in [-0.4, -0.2) is 94.8 Å². The van der Waals surface area contributed by atoms with E-state index >= 15 is 0 Å². The molecule has 1 saturated heterocycles. The fourth-order valence-electron chi connectivity index (χ4n) is 2.09. The van der Waals surface area contributed by atoms with Gasteiger partial charge in [0.15, 0.2) is 0 Å². The first kappa shape index (κ1) is 17.4. The molecule has 0 spiro atoms. The van der Waals surface area contributed by atoms with Crippen molar-refractivity contribution in [2.45, 2.75) is 12.1 Å². The maximum absolute atomic E-state index is 11.9. The monoisotopic (exact) mass is 316 g/mol. The van der Waals surface area contributed by atoms with Crippen LogP contribution in [0.25, 0.3) is 0 Å². The average Bonchev–Trinajstić information content (AvgIpc) is 2.54. The fraction of sp³-hybridized carbons (Fsp3) is 0.500. The molecule has 20 heavy (non-hydrogen) atoms. The van der Waals surface area contributed by atoms with Crippen LogP contribution in [0.4, 0.5) is 4.79 Å². The molecule has 0 unspecified atom stereocenters. The first-order valence-electron chi connectivity index (χ1n) is 5.14. The van der Waals surface area contributed by atoms with E-state index in [2.05, 4.69) is 4.28 Å². The summed E-state index contributed by atoms with van der Waals surface area (Å²) in [4.78, 5) is 24.2. The molecule has 2 atom stereocenters. The van der Waals surface area contributed by atoms with Crippen molar-refractivity contribution in [1.82, 2.24) is 9.96 Å². The molecule has 3 amide bonds. The molecule has 2 rings (SSSR count). The fourth-order valence-corrected chi connectivity index (χ4v) is 2.46. The van der Waals surface area contributed by atoms with E-state index in [1.807, 2.05) is 0 Å². The Morgan fingerprint density at radius 1 is 1.55 bits per heavy atom. The number of carbonyl (C=O) groups excluding carboxylic acids is 2. The van der Waals surface area contributed by atoms with E-state index < -0.39 is 41.0 Å². The maximum atomic E-state index is 11.9. The van der Waals surface area contributed by atoms with Crippen molar-refractivity contribution in [2.75, 3.05) is 13.2 Å².